The molecule has 25 heavy (non-hydrogen) atoms. The van der Waals surface area contributed by atoms with Gasteiger partial charge in [0.15, 0.2) is 0 Å². The first-order valence-corrected chi connectivity index (χ1v) is 8.72. The maximum atomic E-state index is 13.3. The van der Waals surface area contributed by atoms with Crippen molar-refractivity contribution in [3.05, 3.63) is 35.4 Å². The molecule has 0 radical (unpaired) electrons. The second kappa shape index (κ2) is 7.33. The molecule has 2 atom stereocenters. The monoisotopic (exact) mass is 356 g/mol. The van der Waals surface area contributed by atoms with Crippen molar-refractivity contribution in [2.75, 3.05) is 13.1 Å². The zero-order valence-electron chi connectivity index (χ0n) is 13.9. The van der Waals surface area contributed by atoms with Crippen LogP contribution in [0.4, 0.5) is 13.2 Å². The molecule has 1 aromatic carbocycles. The van der Waals surface area contributed by atoms with Crippen LogP contribution in [0.15, 0.2) is 24.3 Å². The van der Waals surface area contributed by atoms with Crippen LogP contribution >= 0.6 is 0 Å². The lowest BCUT2D eigenvalue weighted by Gasteiger charge is -2.27. The van der Waals surface area contributed by atoms with Gasteiger partial charge in [0.2, 0.25) is 5.91 Å². The molecule has 0 spiro atoms. The van der Waals surface area contributed by atoms with E-state index in [9.17, 15) is 23.1 Å². The molecular weight excluding hydrogens is 333 g/mol. The summed E-state index contributed by atoms with van der Waals surface area (Å²) in [4.78, 5) is 13.9. The van der Waals surface area contributed by atoms with E-state index in [4.69, 9.17) is 0 Å². The van der Waals surface area contributed by atoms with Crippen molar-refractivity contribution in [3.8, 4) is 0 Å². The second-order valence-electron chi connectivity index (χ2n) is 6.97. The second-order valence-corrected chi connectivity index (χ2v) is 6.97. The van der Waals surface area contributed by atoms with Gasteiger partial charge >= 0.3 is 6.18 Å². The average molecular weight is 356 g/mol. The van der Waals surface area contributed by atoms with Gasteiger partial charge < -0.3 is 10.4 Å². The third-order valence-corrected chi connectivity index (χ3v) is 5.07. The Labute approximate surface area is 145 Å². The number of carbonyl (C=O) groups is 1. The molecule has 3 rings (SSSR count). The summed E-state index contributed by atoms with van der Waals surface area (Å²) in [5.41, 5.74) is -0.574. The number of amides is 1. The van der Waals surface area contributed by atoms with Gasteiger partial charge in [0.1, 0.15) is 0 Å². The summed E-state index contributed by atoms with van der Waals surface area (Å²) < 4.78 is 39.9. The summed E-state index contributed by atoms with van der Waals surface area (Å²) in [6.07, 6.45) is -0.899. The molecule has 1 heterocycles. The Kier molecular flexibility index (Phi) is 5.34. The van der Waals surface area contributed by atoms with Crippen molar-refractivity contribution in [2.24, 2.45) is 0 Å². The normalized spacial score (nSPS) is 25.4. The lowest BCUT2D eigenvalue weighted by atomic mass is 9.97. The van der Waals surface area contributed by atoms with Crippen molar-refractivity contribution < 1.29 is 23.1 Å². The Bertz CT molecular complexity index is 615. The van der Waals surface area contributed by atoms with E-state index in [-0.39, 0.29) is 37.0 Å². The van der Waals surface area contributed by atoms with Crippen LogP contribution in [0, 0.1) is 0 Å². The maximum Gasteiger partial charge on any atom is 0.416 e. The van der Waals surface area contributed by atoms with E-state index in [1.165, 1.54) is 12.1 Å². The molecule has 0 bridgehead atoms. The highest BCUT2D eigenvalue weighted by Crippen LogP contribution is 2.40. The molecule has 2 aliphatic rings. The van der Waals surface area contributed by atoms with E-state index in [0.29, 0.717) is 0 Å². The third-order valence-electron chi connectivity index (χ3n) is 5.07. The number of β-amino-alcohol motifs (C(OH)–C–C–N with tert-alkyl or cyclic N) is 1. The van der Waals surface area contributed by atoms with Gasteiger partial charge in [0.05, 0.1) is 18.2 Å². The van der Waals surface area contributed by atoms with E-state index in [1.54, 1.807) is 11.0 Å². The Hall–Kier alpha value is -1.60. The first-order valence-electron chi connectivity index (χ1n) is 8.72. The van der Waals surface area contributed by atoms with Gasteiger partial charge in [-0.15, -0.1) is 0 Å². The number of alkyl halides is 3. The van der Waals surface area contributed by atoms with Crippen molar-refractivity contribution in [1.82, 2.24) is 10.2 Å². The molecule has 1 saturated heterocycles. The van der Waals surface area contributed by atoms with E-state index < -0.39 is 23.9 Å². The Balaban J connectivity index is 1.75. The number of carbonyl (C=O) groups excluding carboxylic acids is 1. The third kappa shape index (κ3) is 4.33. The van der Waals surface area contributed by atoms with Gasteiger partial charge in [-0.3, -0.25) is 9.69 Å². The number of halogens is 3. The highest BCUT2D eigenvalue weighted by atomic mass is 19.4. The number of aliphatic hydroxyl groups excluding tert-OH is 1. The zero-order valence-corrected chi connectivity index (χ0v) is 13.9. The SMILES string of the molecule is O=C(CN1CC(O)CC1c1ccccc1C(F)(F)F)NC1CCCC1. The fourth-order valence-electron chi connectivity index (χ4n) is 3.95. The number of hydrogen-bond donors (Lipinski definition) is 2. The predicted octanol–water partition coefficient (Wildman–Crippen LogP) is 2.87. The molecular formula is C18H23F3N2O2. The van der Waals surface area contributed by atoms with Crippen molar-refractivity contribution in [3.63, 3.8) is 0 Å². The number of aliphatic hydroxyl groups is 1. The van der Waals surface area contributed by atoms with Crippen LogP contribution in [0.2, 0.25) is 0 Å². The van der Waals surface area contributed by atoms with Crippen molar-refractivity contribution in [2.45, 2.75) is 56.5 Å². The van der Waals surface area contributed by atoms with E-state index in [2.05, 4.69) is 5.32 Å². The van der Waals surface area contributed by atoms with Crippen LogP contribution in [-0.4, -0.2) is 41.1 Å². The highest BCUT2D eigenvalue weighted by molar-refractivity contribution is 5.78. The van der Waals surface area contributed by atoms with E-state index in [1.807, 2.05) is 0 Å². The van der Waals surface area contributed by atoms with Crippen LogP contribution in [0.25, 0.3) is 0 Å². The van der Waals surface area contributed by atoms with E-state index in [0.717, 1.165) is 31.7 Å². The van der Waals surface area contributed by atoms with Gasteiger partial charge in [-0.2, -0.15) is 13.2 Å². The number of likely N-dealkylation sites (tertiary alicyclic amines) is 1. The molecule has 1 aromatic rings. The van der Waals surface area contributed by atoms with Gasteiger partial charge in [-0.1, -0.05) is 31.0 Å². The smallest absolute Gasteiger partial charge is 0.392 e. The Morgan fingerprint density at radius 1 is 1.24 bits per heavy atom. The molecule has 2 fully saturated rings. The number of nitrogens with zero attached hydrogens (tertiary/aromatic N) is 1. The van der Waals surface area contributed by atoms with E-state index >= 15 is 0 Å². The Morgan fingerprint density at radius 3 is 2.60 bits per heavy atom. The zero-order chi connectivity index (χ0) is 18.0. The lowest BCUT2D eigenvalue weighted by Crippen LogP contribution is -2.41. The number of nitrogens with one attached hydrogen (secondary N) is 1. The number of benzene rings is 1. The first-order chi connectivity index (χ1) is 11.8. The van der Waals surface area contributed by atoms with Crippen LogP contribution in [0.1, 0.15) is 49.3 Å². The summed E-state index contributed by atoms with van der Waals surface area (Å²) in [7, 11) is 0. The maximum absolute atomic E-state index is 13.3. The molecule has 4 nitrogen and oxygen atoms in total. The molecule has 1 saturated carbocycles. The molecule has 1 aliphatic carbocycles. The fourth-order valence-corrected chi connectivity index (χ4v) is 3.95. The molecule has 7 heteroatoms. The van der Waals surface area contributed by atoms with Gasteiger partial charge in [-0.05, 0) is 30.9 Å². The van der Waals surface area contributed by atoms with Gasteiger partial charge in [0.25, 0.3) is 0 Å². The molecule has 1 amide bonds. The molecule has 1 aliphatic heterocycles. The van der Waals surface area contributed by atoms with Crippen molar-refractivity contribution in [1.29, 1.82) is 0 Å². The van der Waals surface area contributed by atoms with Crippen molar-refractivity contribution >= 4 is 5.91 Å². The number of rotatable bonds is 4. The predicted molar refractivity (Wildman–Crippen MR) is 86.8 cm³/mol. The molecule has 138 valence electrons. The summed E-state index contributed by atoms with van der Waals surface area (Å²) in [5, 5.41) is 12.9. The Morgan fingerprint density at radius 2 is 1.92 bits per heavy atom. The lowest BCUT2D eigenvalue weighted by molar-refractivity contribution is -0.138. The first kappa shape index (κ1) is 18.2. The molecule has 2 unspecified atom stereocenters. The fraction of sp³-hybridized carbons (Fsp3) is 0.611. The minimum Gasteiger partial charge on any atom is -0.392 e. The van der Waals surface area contributed by atoms with Crippen LogP contribution in [-0.2, 0) is 11.0 Å². The van der Waals surface area contributed by atoms with Gasteiger partial charge in [0, 0.05) is 18.6 Å². The standard InChI is InChI=1S/C18H23F3N2O2/c19-18(20,21)15-8-4-3-7-14(15)16-9-13(24)10-23(16)11-17(25)22-12-5-1-2-6-12/h3-4,7-8,12-13,16,24H,1-2,5-6,9-11H2,(H,22,25). The largest absolute Gasteiger partial charge is 0.416 e. The topological polar surface area (TPSA) is 52.6 Å². The summed E-state index contributed by atoms with van der Waals surface area (Å²) in [5.74, 6) is -0.185. The number of hydrogen-bond acceptors (Lipinski definition) is 3. The summed E-state index contributed by atoms with van der Waals surface area (Å²) in [6, 6.07) is 4.97. The average Bonchev–Trinajstić information content (AvgIpc) is 3.16. The highest BCUT2D eigenvalue weighted by Gasteiger charge is 2.40. The molecule has 0 aromatic heterocycles. The van der Waals surface area contributed by atoms with Gasteiger partial charge in [-0.25, -0.2) is 0 Å². The summed E-state index contributed by atoms with van der Waals surface area (Å²) in [6.45, 7) is 0.208. The molecule has 2 N–H and O–H groups in total. The van der Waals surface area contributed by atoms with Crippen LogP contribution in [0.5, 0.6) is 0 Å². The van der Waals surface area contributed by atoms with Crippen LogP contribution < -0.4 is 5.32 Å². The minimum absolute atomic E-state index is 0.00438. The summed E-state index contributed by atoms with van der Waals surface area (Å²) >= 11 is 0. The minimum atomic E-state index is -4.46. The van der Waals surface area contributed by atoms with Crippen LogP contribution in [0.3, 0.4) is 0 Å². The quantitative estimate of drug-likeness (QED) is 0.872.